The van der Waals surface area contributed by atoms with E-state index < -0.39 is 0 Å². The molecule has 0 aliphatic carbocycles. The van der Waals surface area contributed by atoms with Crippen molar-refractivity contribution in [3.8, 4) is 28.7 Å². The minimum Gasteiger partial charge on any atom is -0.504 e. The lowest BCUT2D eigenvalue weighted by molar-refractivity contribution is 0.174. The molecule has 2 unspecified atom stereocenters. The van der Waals surface area contributed by atoms with Crippen molar-refractivity contribution < 1.29 is 24.4 Å². The molecule has 0 amide bonds. The van der Waals surface area contributed by atoms with Crippen LogP contribution in [0, 0.1) is 11.8 Å². The van der Waals surface area contributed by atoms with Gasteiger partial charge in [0.1, 0.15) is 0 Å². The highest BCUT2D eigenvalue weighted by Gasteiger charge is 2.18. The van der Waals surface area contributed by atoms with Crippen LogP contribution in [0.25, 0.3) is 0 Å². The first-order valence-electron chi connectivity index (χ1n) is 8.45. The van der Waals surface area contributed by atoms with Gasteiger partial charge in [-0.2, -0.15) is 0 Å². The Balaban J connectivity index is 1.66. The number of hydrogen-bond acceptors (Lipinski definition) is 5. The normalized spacial score (nSPS) is 15.0. The molecule has 0 bridgehead atoms. The second-order valence-electron chi connectivity index (χ2n) is 6.72. The van der Waals surface area contributed by atoms with E-state index in [-0.39, 0.29) is 18.3 Å². The zero-order valence-corrected chi connectivity index (χ0v) is 14.8. The molecule has 0 fully saturated rings. The molecule has 1 heterocycles. The maximum Gasteiger partial charge on any atom is 0.231 e. The molecule has 0 aromatic heterocycles. The predicted octanol–water partition coefficient (Wildman–Crippen LogP) is 3.89. The van der Waals surface area contributed by atoms with E-state index in [1.165, 1.54) is 12.7 Å². The van der Waals surface area contributed by atoms with Crippen molar-refractivity contribution in [2.24, 2.45) is 11.8 Å². The van der Waals surface area contributed by atoms with Crippen LogP contribution in [0.2, 0.25) is 0 Å². The summed E-state index contributed by atoms with van der Waals surface area (Å²) in [6, 6.07) is 9.45. The Morgan fingerprint density at radius 2 is 1.64 bits per heavy atom. The summed E-state index contributed by atoms with van der Waals surface area (Å²) >= 11 is 0. The quantitative estimate of drug-likeness (QED) is 0.778. The van der Waals surface area contributed by atoms with Crippen molar-refractivity contribution in [3.05, 3.63) is 41.5 Å². The average molecular weight is 344 g/mol. The van der Waals surface area contributed by atoms with Gasteiger partial charge in [0.15, 0.2) is 23.0 Å². The summed E-state index contributed by atoms with van der Waals surface area (Å²) in [6.45, 7) is 4.69. The van der Waals surface area contributed by atoms with E-state index in [2.05, 4.69) is 19.9 Å². The number of phenols is 2. The van der Waals surface area contributed by atoms with Crippen LogP contribution in [-0.4, -0.2) is 24.1 Å². The summed E-state index contributed by atoms with van der Waals surface area (Å²) in [4.78, 5) is 0. The highest BCUT2D eigenvalue weighted by atomic mass is 16.7. The number of hydrogen-bond donors (Lipinski definition) is 2. The van der Waals surface area contributed by atoms with Gasteiger partial charge >= 0.3 is 0 Å². The van der Waals surface area contributed by atoms with Crippen LogP contribution >= 0.6 is 0 Å². The highest BCUT2D eigenvalue weighted by Crippen LogP contribution is 2.38. The van der Waals surface area contributed by atoms with E-state index >= 15 is 0 Å². The van der Waals surface area contributed by atoms with Gasteiger partial charge in [-0.1, -0.05) is 19.9 Å². The summed E-state index contributed by atoms with van der Waals surface area (Å²) < 4.78 is 15.9. The topological polar surface area (TPSA) is 68.2 Å². The number of methoxy groups -OCH3 is 1. The zero-order chi connectivity index (χ0) is 18.0. The molecular weight excluding hydrogens is 320 g/mol. The first-order valence-corrected chi connectivity index (χ1v) is 8.45. The van der Waals surface area contributed by atoms with Gasteiger partial charge in [-0.25, -0.2) is 0 Å². The van der Waals surface area contributed by atoms with Crippen LogP contribution < -0.4 is 14.2 Å². The Morgan fingerprint density at radius 3 is 2.36 bits per heavy atom. The number of ether oxygens (including phenoxy) is 3. The number of phenolic OH excluding ortho intramolecular Hbond substituents is 2. The Bertz CT molecular complexity index is 756. The molecule has 5 nitrogen and oxygen atoms in total. The molecule has 0 saturated carbocycles. The van der Waals surface area contributed by atoms with Gasteiger partial charge in [0.25, 0.3) is 0 Å². The summed E-state index contributed by atoms with van der Waals surface area (Å²) in [5.74, 6) is 2.37. The van der Waals surface area contributed by atoms with Crippen molar-refractivity contribution in [2.75, 3.05) is 13.9 Å². The van der Waals surface area contributed by atoms with Gasteiger partial charge in [-0.3, -0.25) is 0 Å². The maximum atomic E-state index is 9.83. The van der Waals surface area contributed by atoms with Crippen LogP contribution in [-0.2, 0) is 12.8 Å². The van der Waals surface area contributed by atoms with E-state index in [9.17, 15) is 10.2 Å². The fourth-order valence-electron chi connectivity index (χ4n) is 3.14. The Kier molecular flexibility index (Phi) is 4.93. The molecule has 2 aromatic carbocycles. The van der Waals surface area contributed by atoms with Crippen LogP contribution in [0.3, 0.4) is 0 Å². The van der Waals surface area contributed by atoms with E-state index in [4.69, 9.17) is 14.2 Å². The number of rotatable bonds is 6. The largest absolute Gasteiger partial charge is 0.504 e. The van der Waals surface area contributed by atoms with Gasteiger partial charge in [0.05, 0.1) is 7.11 Å². The molecular formula is C20H24O5. The third-order valence-electron chi connectivity index (χ3n) is 4.86. The van der Waals surface area contributed by atoms with Crippen molar-refractivity contribution in [1.82, 2.24) is 0 Å². The minimum atomic E-state index is -0.215. The maximum absolute atomic E-state index is 9.83. The summed E-state index contributed by atoms with van der Waals surface area (Å²) in [6.07, 6.45) is 1.72. The predicted molar refractivity (Wildman–Crippen MR) is 94.6 cm³/mol. The van der Waals surface area contributed by atoms with E-state index in [1.807, 2.05) is 12.1 Å². The van der Waals surface area contributed by atoms with Crippen LogP contribution in [0.15, 0.2) is 30.3 Å². The van der Waals surface area contributed by atoms with Gasteiger partial charge in [0, 0.05) is 0 Å². The monoisotopic (exact) mass is 344 g/mol. The second kappa shape index (κ2) is 7.13. The standard InChI is InChI=1S/C20H24O5/c1-12(6-14-4-5-17-18(9-14)25-11-24-17)13(2)7-15-8-16(21)20(22)19(10-15)23-3/h4-5,8-10,12-13,21-22H,6-7,11H2,1-3H3. The molecule has 25 heavy (non-hydrogen) atoms. The van der Waals surface area contributed by atoms with Crippen molar-refractivity contribution in [1.29, 1.82) is 0 Å². The number of fused-ring (bicyclic) bond motifs is 1. The van der Waals surface area contributed by atoms with Crippen molar-refractivity contribution >= 4 is 0 Å². The second-order valence-corrected chi connectivity index (χ2v) is 6.72. The fraction of sp³-hybridized carbons (Fsp3) is 0.400. The lowest BCUT2D eigenvalue weighted by Gasteiger charge is -2.21. The molecule has 3 rings (SSSR count). The minimum absolute atomic E-state index is 0.148. The van der Waals surface area contributed by atoms with Gasteiger partial charge < -0.3 is 24.4 Å². The molecule has 134 valence electrons. The molecule has 0 saturated heterocycles. The van der Waals surface area contributed by atoms with Gasteiger partial charge in [0.2, 0.25) is 12.5 Å². The van der Waals surface area contributed by atoms with Crippen LogP contribution in [0.5, 0.6) is 28.7 Å². The summed E-state index contributed by atoms with van der Waals surface area (Å²) in [7, 11) is 1.48. The SMILES string of the molecule is COc1cc(CC(C)C(C)Cc2ccc3c(c2)OCO3)cc(O)c1O. The molecule has 2 atom stereocenters. The lowest BCUT2D eigenvalue weighted by Crippen LogP contribution is -2.13. The number of aromatic hydroxyl groups is 2. The number of benzene rings is 2. The molecule has 2 aromatic rings. The molecule has 2 N–H and O–H groups in total. The first kappa shape index (κ1) is 17.3. The van der Waals surface area contributed by atoms with E-state index in [1.54, 1.807) is 12.1 Å². The Hall–Kier alpha value is -2.56. The fourth-order valence-corrected chi connectivity index (χ4v) is 3.14. The van der Waals surface area contributed by atoms with Crippen LogP contribution in [0.4, 0.5) is 0 Å². The first-order chi connectivity index (χ1) is 12.0. The Morgan fingerprint density at radius 1 is 0.960 bits per heavy atom. The molecule has 0 spiro atoms. The molecule has 5 heteroatoms. The summed E-state index contributed by atoms with van der Waals surface area (Å²) in [5, 5.41) is 19.6. The van der Waals surface area contributed by atoms with Crippen molar-refractivity contribution in [2.45, 2.75) is 26.7 Å². The van der Waals surface area contributed by atoms with Crippen molar-refractivity contribution in [3.63, 3.8) is 0 Å². The highest BCUT2D eigenvalue weighted by molar-refractivity contribution is 5.52. The molecule has 0 radical (unpaired) electrons. The average Bonchev–Trinajstić information content (AvgIpc) is 3.05. The Labute approximate surface area is 147 Å². The van der Waals surface area contributed by atoms with E-state index in [0.29, 0.717) is 17.6 Å². The lowest BCUT2D eigenvalue weighted by atomic mass is 9.85. The zero-order valence-electron chi connectivity index (χ0n) is 14.8. The third-order valence-corrected chi connectivity index (χ3v) is 4.86. The van der Waals surface area contributed by atoms with Crippen LogP contribution in [0.1, 0.15) is 25.0 Å². The van der Waals surface area contributed by atoms with E-state index in [0.717, 1.165) is 29.9 Å². The summed E-state index contributed by atoms with van der Waals surface area (Å²) in [5.41, 5.74) is 2.16. The third kappa shape index (κ3) is 3.76. The smallest absolute Gasteiger partial charge is 0.231 e. The van der Waals surface area contributed by atoms with Gasteiger partial charge in [-0.05, 0) is 60.1 Å². The molecule has 1 aliphatic heterocycles. The molecule has 1 aliphatic rings. The van der Waals surface area contributed by atoms with Gasteiger partial charge in [-0.15, -0.1) is 0 Å².